The van der Waals surface area contributed by atoms with Crippen LogP contribution in [0.15, 0.2) is 24.3 Å². The Morgan fingerprint density at radius 2 is 2.10 bits per heavy atom. The number of rotatable bonds is 5. The number of hydrogen-bond acceptors (Lipinski definition) is 6. The van der Waals surface area contributed by atoms with Gasteiger partial charge in [0.05, 0.1) is 6.61 Å². The van der Waals surface area contributed by atoms with E-state index in [1.165, 1.54) is 24.3 Å². The van der Waals surface area contributed by atoms with E-state index >= 15 is 0 Å². The third-order valence-electron chi connectivity index (χ3n) is 2.30. The summed E-state index contributed by atoms with van der Waals surface area (Å²) >= 11 is 0. The predicted molar refractivity (Wildman–Crippen MR) is 64.7 cm³/mol. The van der Waals surface area contributed by atoms with Crippen molar-refractivity contribution in [3.8, 4) is 17.4 Å². The molecule has 2 rings (SSSR count). The summed E-state index contributed by atoms with van der Waals surface area (Å²) in [5.74, 6) is -0.898. The minimum atomic E-state index is -0.565. The Morgan fingerprint density at radius 1 is 1.40 bits per heavy atom. The molecule has 0 aliphatic carbocycles. The lowest BCUT2D eigenvalue weighted by Gasteiger charge is -2.00. The molecule has 106 valence electrons. The molecule has 2 aromatic rings. The number of aromatic nitrogens is 3. The van der Waals surface area contributed by atoms with Crippen LogP contribution in [0.2, 0.25) is 0 Å². The molecule has 0 spiro atoms. The second-order valence-electron chi connectivity index (χ2n) is 3.71. The summed E-state index contributed by atoms with van der Waals surface area (Å²) < 4.78 is 22.5. The molecule has 0 aliphatic heterocycles. The maximum absolute atomic E-state index is 12.8. The molecule has 8 heteroatoms. The summed E-state index contributed by atoms with van der Waals surface area (Å²) in [5, 5.41) is 13.2. The van der Waals surface area contributed by atoms with E-state index < -0.39 is 11.8 Å². The van der Waals surface area contributed by atoms with Gasteiger partial charge in [-0.15, -0.1) is 0 Å². The molecule has 1 N–H and O–H groups in total. The van der Waals surface area contributed by atoms with Crippen LogP contribution in [0.3, 0.4) is 0 Å². The van der Waals surface area contributed by atoms with E-state index in [4.69, 9.17) is 4.74 Å². The van der Waals surface area contributed by atoms with Gasteiger partial charge in [-0.1, -0.05) is 9.94 Å². The molecule has 1 heterocycles. The van der Waals surface area contributed by atoms with Gasteiger partial charge in [-0.25, -0.2) is 9.18 Å². The normalized spacial score (nSPS) is 10.3. The zero-order chi connectivity index (χ0) is 14.5. The highest BCUT2D eigenvalue weighted by molar-refractivity contribution is 5.70. The monoisotopic (exact) mass is 281 g/mol. The van der Waals surface area contributed by atoms with Crippen LogP contribution in [0.5, 0.6) is 6.01 Å². The average molecular weight is 281 g/mol. The SMILES string of the molecule is CCOC(=O)COc1nc(-c2ccc(F)cc2)n(O)n1. The fourth-order valence-corrected chi connectivity index (χ4v) is 1.45. The van der Waals surface area contributed by atoms with Gasteiger partial charge in [0.15, 0.2) is 6.61 Å². The number of nitrogens with zero attached hydrogens (tertiary/aromatic N) is 3. The summed E-state index contributed by atoms with van der Waals surface area (Å²) in [6, 6.07) is 5.13. The van der Waals surface area contributed by atoms with E-state index in [9.17, 15) is 14.4 Å². The molecule has 20 heavy (non-hydrogen) atoms. The lowest BCUT2D eigenvalue weighted by molar-refractivity contribution is -0.145. The molecule has 0 fully saturated rings. The highest BCUT2D eigenvalue weighted by atomic mass is 19.1. The van der Waals surface area contributed by atoms with Crippen molar-refractivity contribution in [2.75, 3.05) is 13.2 Å². The fourth-order valence-electron chi connectivity index (χ4n) is 1.45. The summed E-state index contributed by atoms with van der Waals surface area (Å²) in [6.07, 6.45) is 0. The summed E-state index contributed by atoms with van der Waals surface area (Å²) in [5.41, 5.74) is 0.451. The number of benzene rings is 1. The molecule has 0 atom stereocenters. The summed E-state index contributed by atoms with van der Waals surface area (Å²) in [7, 11) is 0. The first-order valence-corrected chi connectivity index (χ1v) is 5.81. The lowest BCUT2D eigenvalue weighted by atomic mass is 10.2. The standard InChI is InChI=1S/C12H12FN3O4/c1-2-19-10(17)7-20-12-14-11(16(18)15-12)8-3-5-9(13)6-4-8/h3-6,18H,2,7H2,1H3. The van der Waals surface area contributed by atoms with Crippen LogP contribution in [0.1, 0.15) is 6.92 Å². The zero-order valence-electron chi connectivity index (χ0n) is 10.6. The molecular weight excluding hydrogens is 269 g/mol. The molecule has 0 unspecified atom stereocenters. The third kappa shape index (κ3) is 3.22. The topological polar surface area (TPSA) is 86.5 Å². The van der Waals surface area contributed by atoms with Crippen molar-refractivity contribution in [1.29, 1.82) is 0 Å². The summed E-state index contributed by atoms with van der Waals surface area (Å²) in [6.45, 7) is 1.55. The Labute approximate surface area is 113 Å². The van der Waals surface area contributed by atoms with Crippen LogP contribution < -0.4 is 4.74 Å². The van der Waals surface area contributed by atoms with Crippen molar-refractivity contribution >= 4 is 5.97 Å². The first kappa shape index (κ1) is 13.8. The Morgan fingerprint density at radius 3 is 2.75 bits per heavy atom. The Bertz CT molecular complexity index is 597. The predicted octanol–water partition coefficient (Wildman–Crippen LogP) is 1.26. The van der Waals surface area contributed by atoms with Crippen molar-refractivity contribution in [2.24, 2.45) is 0 Å². The molecule has 0 bridgehead atoms. The third-order valence-corrected chi connectivity index (χ3v) is 2.30. The molecule has 0 radical (unpaired) electrons. The van der Waals surface area contributed by atoms with Gasteiger partial charge in [0.25, 0.3) is 0 Å². The molecule has 1 aromatic heterocycles. The van der Waals surface area contributed by atoms with Crippen LogP contribution in [0.25, 0.3) is 11.4 Å². The van der Waals surface area contributed by atoms with Gasteiger partial charge < -0.3 is 14.7 Å². The molecule has 0 amide bonds. The Kier molecular flexibility index (Phi) is 4.14. The second-order valence-corrected chi connectivity index (χ2v) is 3.71. The van der Waals surface area contributed by atoms with Gasteiger partial charge in [0.1, 0.15) is 5.82 Å². The minimum absolute atomic E-state index is 0.0730. The van der Waals surface area contributed by atoms with Crippen LogP contribution >= 0.6 is 0 Å². The maximum atomic E-state index is 12.8. The smallest absolute Gasteiger partial charge is 0.344 e. The van der Waals surface area contributed by atoms with Gasteiger partial charge in [-0.05, 0) is 31.2 Å². The highest BCUT2D eigenvalue weighted by Gasteiger charge is 2.14. The second kappa shape index (κ2) is 6.00. The van der Waals surface area contributed by atoms with Crippen molar-refractivity contribution < 1.29 is 23.9 Å². The van der Waals surface area contributed by atoms with Gasteiger partial charge in [-0.3, -0.25) is 0 Å². The van der Waals surface area contributed by atoms with Crippen LogP contribution in [0, 0.1) is 5.82 Å². The first-order valence-electron chi connectivity index (χ1n) is 5.81. The van der Waals surface area contributed by atoms with Gasteiger partial charge >= 0.3 is 12.0 Å². The van der Waals surface area contributed by atoms with Crippen LogP contribution in [-0.2, 0) is 9.53 Å². The van der Waals surface area contributed by atoms with Crippen molar-refractivity contribution in [2.45, 2.75) is 6.92 Å². The number of carbonyl (C=O) groups excluding carboxylic acids is 1. The number of halogens is 1. The quantitative estimate of drug-likeness (QED) is 0.656. The van der Waals surface area contributed by atoms with Crippen molar-refractivity contribution in [1.82, 2.24) is 14.9 Å². The molecular formula is C12H12FN3O4. The van der Waals surface area contributed by atoms with Gasteiger partial charge in [0.2, 0.25) is 5.82 Å². The average Bonchev–Trinajstić information content (AvgIpc) is 2.79. The lowest BCUT2D eigenvalue weighted by Crippen LogP contribution is -2.15. The van der Waals surface area contributed by atoms with Crippen LogP contribution in [-0.4, -0.2) is 39.3 Å². The zero-order valence-corrected chi connectivity index (χ0v) is 10.6. The molecule has 0 saturated heterocycles. The Hall–Kier alpha value is -2.64. The fraction of sp³-hybridized carbons (Fsp3) is 0.250. The van der Waals surface area contributed by atoms with E-state index in [2.05, 4.69) is 14.8 Å². The van der Waals surface area contributed by atoms with E-state index in [-0.39, 0.29) is 25.0 Å². The van der Waals surface area contributed by atoms with Gasteiger partial charge in [-0.2, -0.15) is 4.98 Å². The summed E-state index contributed by atoms with van der Waals surface area (Å²) in [4.78, 5) is 15.5. The number of esters is 1. The highest BCUT2D eigenvalue weighted by Crippen LogP contribution is 2.19. The molecule has 0 aliphatic rings. The number of carbonyl (C=O) groups is 1. The van der Waals surface area contributed by atoms with Crippen molar-refractivity contribution in [3.05, 3.63) is 30.1 Å². The van der Waals surface area contributed by atoms with E-state index in [1.807, 2.05) is 0 Å². The largest absolute Gasteiger partial charge is 0.463 e. The minimum Gasteiger partial charge on any atom is -0.463 e. The molecule has 7 nitrogen and oxygen atoms in total. The molecule has 1 aromatic carbocycles. The van der Waals surface area contributed by atoms with Crippen molar-refractivity contribution in [3.63, 3.8) is 0 Å². The first-order chi connectivity index (χ1) is 9.60. The number of ether oxygens (including phenoxy) is 2. The number of hydrogen-bond donors (Lipinski definition) is 1. The van der Waals surface area contributed by atoms with E-state index in [1.54, 1.807) is 6.92 Å². The Balaban J connectivity index is 2.09. The van der Waals surface area contributed by atoms with E-state index in [0.29, 0.717) is 10.4 Å². The van der Waals surface area contributed by atoms with E-state index in [0.717, 1.165) is 0 Å². The maximum Gasteiger partial charge on any atom is 0.344 e. The van der Waals surface area contributed by atoms with Gasteiger partial charge in [0, 0.05) is 5.56 Å². The van der Waals surface area contributed by atoms with Crippen LogP contribution in [0.4, 0.5) is 4.39 Å². The molecule has 0 saturated carbocycles.